The molecule has 1 N–H and O–H groups in total. The second-order valence-corrected chi connectivity index (χ2v) is 7.13. The number of aromatic nitrogens is 2. The van der Waals surface area contributed by atoms with Crippen LogP contribution < -0.4 is 5.32 Å². The van der Waals surface area contributed by atoms with Gasteiger partial charge >= 0.3 is 0 Å². The highest BCUT2D eigenvalue weighted by Crippen LogP contribution is 2.37. The molecule has 4 rings (SSSR count). The lowest BCUT2D eigenvalue weighted by Crippen LogP contribution is -2.44. The van der Waals surface area contributed by atoms with Crippen LogP contribution >= 0.6 is 0 Å². The minimum atomic E-state index is 0.121. The van der Waals surface area contributed by atoms with Crippen molar-refractivity contribution in [1.82, 2.24) is 20.0 Å². The monoisotopic (exact) mass is 324 g/mol. The van der Waals surface area contributed by atoms with Gasteiger partial charge in [-0.3, -0.25) is 4.79 Å². The molecule has 1 aromatic carbocycles. The van der Waals surface area contributed by atoms with Crippen LogP contribution in [-0.2, 0) is 0 Å². The molecule has 126 valence electrons. The topological polar surface area (TPSA) is 50.2 Å². The van der Waals surface area contributed by atoms with Crippen molar-refractivity contribution in [3.05, 3.63) is 47.8 Å². The zero-order chi connectivity index (χ0) is 16.6. The lowest BCUT2D eigenvalue weighted by Gasteiger charge is -2.38. The van der Waals surface area contributed by atoms with Gasteiger partial charge in [-0.1, -0.05) is 18.2 Å². The molecule has 1 amide bonds. The standard InChI is InChI=1S/C19H24N4O/c1-15-17(13-23(21-15)16-5-3-2-4-6-16)18(24)22-11-8-19(9-12-22)7-10-20-14-19/h2-6,13,20H,7-12,14H2,1H3. The Morgan fingerprint density at radius 1 is 1.17 bits per heavy atom. The first-order valence-electron chi connectivity index (χ1n) is 8.79. The molecular weight excluding hydrogens is 300 g/mol. The third kappa shape index (κ3) is 2.73. The molecule has 2 aliphatic heterocycles. The van der Waals surface area contributed by atoms with Gasteiger partial charge in [0.15, 0.2) is 0 Å². The first-order valence-corrected chi connectivity index (χ1v) is 8.79. The summed E-state index contributed by atoms with van der Waals surface area (Å²) in [5, 5.41) is 8.00. The highest BCUT2D eigenvalue weighted by molar-refractivity contribution is 5.95. The number of nitrogens with one attached hydrogen (secondary N) is 1. The van der Waals surface area contributed by atoms with E-state index in [1.54, 1.807) is 4.68 Å². The Morgan fingerprint density at radius 3 is 2.58 bits per heavy atom. The van der Waals surface area contributed by atoms with Crippen LogP contribution in [0, 0.1) is 12.3 Å². The highest BCUT2D eigenvalue weighted by atomic mass is 16.2. The van der Waals surface area contributed by atoms with Gasteiger partial charge in [-0.2, -0.15) is 5.10 Å². The van der Waals surface area contributed by atoms with Crippen molar-refractivity contribution in [3.63, 3.8) is 0 Å². The fourth-order valence-electron chi connectivity index (χ4n) is 3.96. The molecule has 0 aliphatic carbocycles. The van der Waals surface area contributed by atoms with E-state index in [1.807, 2.05) is 48.4 Å². The molecule has 2 fully saturated rings. The van der Waals surface area contributed by atoms with Gasteiger partial charge in [-0.25, -0.2) is 4.68 Å². The van der Waals surface area contributed by atoms with Crippen LogP contribution in [-0.4, -0.2) is 46.8 Å². The number of nitrogens with zero attached hydrogens (tertiary/aromatic N) is 3. The predicted molar refractivity (Wildman–Crippen MR) is 93.4 cm³/mol. The molecular formula is C19H24N4O. The van der Waals surface area contributed by atoms with E-state index in [4.69, 9.17) is 0 Å². The Balaban J connectivity index is 1.50. The maximum atomic E-state index is 12.9. The molecule has 1 spiro atoms. The van der Waals surface area contributed by atoms with E-state index in [0.717, 1.165) is 56.0 Å². The summed E-state index contributed by atoms with van der Waals surface area (Å²) in [5.41, 5.74) is 2.93. The van der Waals surface area contributed by atoms with Gasteiger partial charge in [-0.15, -0.1) is 0 Å². The smallest absolute Gasteiger partial charge is 0.257 e. The van der Waals surface area contributed by atoms with E-state index >= 15 is 0 Å². The molecule has 5 nitrogen and oxygen atoms in total. The highest BCUT2D eigenvalue weighted by Gasteiger charge is 2.38. The van der Waals surface area contributed by atoms with Crippen molar-refractivity contribution >= 4 is 5.91 Å². The van der Waals surface area contributed by atoms with Gasteiger partial charge in [0.25, 0.3) is 5.91 Å². The normalized spacial score (nSPS) is 19.8. The third-order valence-electron chi connectivity index (χ3n) is 5.59. The summed E-state index contributed by atoms with van der Waals surface area (Å²) in [7, 11) is 0. The van der Waals surface area contributed by atoms with Gasteiger partial charge in [-0.05, 0) is 50.3 Å². The Hall–Kier alpha value is -2.14. The lowest BCUT2D eigenvalue weighted by atomic mass is 9.78. The fourth-order valence-corrected chi connectivity index (χ4v) is 3.96. The molecule has 0 atom stereocenters. The van der Waals surface area contributed by atoms with E-state index in [0.29, 0.717) is 5.41 Å². The van der Waals surface area contributed by atoms with Crippen LogP contribution in [0.2, 0.25) is 0 Å². The zero-order valence-corrected chi connectivity index (χ0v) is 14.2. The van der Waals surface area contributed by atoms with Crippen LogP contribution in [0.25, 0.3) is 5.69 Å². The molecule has 2 aliphatic rings. The molecule has 3 heterocycles. The van der Waals surface area contributed by atoms with E-state index in [1.165, 1.54) is 6.42 Å². The van der Waals surface area contributed by atoms with Gasteiger partial charge in [0.2, 0.25) is 0 Å². The van der Waals surface area contributed by atoms with Gasteiger partial charge in [0.1, 0.15) is 0 Å². The SMILES string of the molecule is Cc1nn(-c2ccccc2)cc1C(=O)N1CCC2(CCNC2)CC1. The number of para-hydroxylation sites is 1. The van der Waals surface area contributed by atoms with E-state index in [-0.39, 0.29) is 5.91 Å². The number of benzene rings is 1. The number of aryl methyl sites for hydroxylation is 1. The summed E-state index contributed by atoms with van der Waals surface area (Å²) in [6.07, 6.45) is 5.34. The van der Waals surface area contributed by atoms with Crippen molar-refractivity contribution in [3.8, 4) is 5.69 Å². The average molecular weight is 324 g/mol. The summed E-state index contributed by atoms with van der Waals surface area (Å²) in [6.45, 7) is 5.86. The fraction of sp³-hybridized carbons (Fsp3) is 0.474. The molecule has 0 unspecified atom stereocenters. The largest absolute Gasteiger partial charge is 0.338 e. The quantitative estimate of drug-likeness (QED) is 0.923. The van der Waals surface area contributed by atoms with Crippen molar-refractivity contribution in [1.29, 1.82) is 0 Å². The Labute approximate surface area is 142 Å². The van der Waals surface area contributed by atoms with Gasteiger partial charge in [0.05, 0.1) is 16.9 Å². The number of carbonyl (C=O) groups excluding carboxylic acids is 1. The summed E-state index contributed by atoms with van der Waals surface area (Å²) in [4.78, 5) is 14.9. The summed E-state index contributed by atoms with van der Waals surface area (Å²) < 4.78 is 1.80. The number of rotatable bonds is 2. The molecule has 0 saturated carbocycles. The summed E-state index contributed by atoms with van der Waals surface area (Å²) >= 11 is 0. The zero-order valence-electron chi connectivity index (χ0n) is 14.2. The molecule has 0 radical (unpaired) electrons. The first kappa shape index (κ1) is 15.4. The molecule has 0 bridgehead atoms. The van der Waals surface area contributed by atoms with E-state index < -0.39 is 0 Å². The first-order chi connectivity index (χ1) is 11.7. The van der Waals surface area contributed by atoms with Crippen LogP contribution in [0.15, 0.2) is 36.5 Å². The average Bonchev–Trinajstić information content (AvgIpc) is 3.23. The maximum absolute atomic E-state index is 12.9. The van der Waals surface area contributed by atoms with E-state index in [9.17, 15) is 4.79 Å². The van der Waals surface area contributed by atoms with Crippen molar-refractivity contribution < 1.29 is 4.79 Å². The molecule has 1 aromatic heterocycles. The molecule has 2 saturated heterocycles. The number of hydrogen-bond donors (Lipinski definition) is 1. The molecule has 2 aromatic rings. The Kier molecular flexibility index (Phi) is 3.88. The maximum Gasteiger partial charge on any atom is 0.257 e. The van der Waals surface area contributed by atoms with Crippen LogP contribution in [0.5, 0.6) is 0 Å². The second kappa shape index (κ2) is 6.06. The number of piperidine rings is 1. The lowest BCUT2D eigenvalue weighted by molar-refractivity contribution is 0.0607. The number of likely N-dealkylation sites (tertiary alicyclic amines) is 1. The Bertz CT molecular complexity index is 721. The molecule has 24 heavy (non-hydrogen) atoms. The van der Waals surface area contributed by atoms with Gasteiger partial charge < -0.3 is 10.2 Å². The Morgan fingerprint density at radius 2 is 1.92 bits per heavy atom. The van der Waals surface area contributed by atoms with Gasteiger partial charge in [0, 0.05) is 25.8 Å². The van der Waals surface area contributed by atoms with E-state index in [2.05, 4.69) is 10.4 Å². The van der Waals surface area contributed by atoms with Crippen molar-refractivity contribution in [2.75, 3.05) is 26.2 Å². The minimum Gasteiger partial charge on any atom is -0.338 e. The van der Waals surface area contributed by atoms with Crippen LogP contribution in [0.4, 0.5) is 0 Å². The van der Waals surface area contributed by atoms with Crippen LogP contribution in [0.1, 0.15) is 35.3 Å². The summed E-state index contributed by atoms with van der Waals surface area (Å²) in [5.74, 6) is 0.121. The second-order valence-electron chi connectivity index (χ2n) is 7.13. The number of amides is 1. The minimum absolute atomic E-state index is 0.121. The van der Waals surface area contributed by atoms with Crippen LogP contribution in [0.3, 0.4) is 0 Å². The number of hydrogen-bond acceptors (Lipinski definition) is 3. The van der Waals surface area contributed by atoms with Crippen molar-refractivity contribution in [2.24, 2.45) is 5.41 Å². The van der Waals surface area contributed by atoms with Crippen molar-refractivity contribution in [2.45, 2.75) is 26.2 Å². The number of carbonyl (C=O) groups is 1. The predicted octanol–water partition coefficient (Wildman–Crippen LogP) is 2.40. The summed E-state index contributed by atoms with van der Waals surface area (Å²) in [6, 6.07) is 9.94. The third-order valence-corrected chi connectivity index (χ3v) is 5.59. The molecule has 5 heteroatoms.